The minimum atomic E-state index is -0.682. The molecule has 6 heteroatoms. The fourth-order valence-corrected chi connectivity index (χ4v) is 2.03. The average molecular weight is 326 g/mol. The Kier molecular flexibility index (Phi) is 5.68. The molecule has 0 saturated carbocycles. The molecule has 0 saturated heterocycles. The molecule has 0 aliphatic heterocycles. The molecule has 0 aliphatic rings. The fourth-order valence-electron chi connectivity index (χ4n) is 2.03. The number of nitrogens with one attached hydrogen (secondary N) is 2. The van der Waals surface area contributed by atoms with E-state index in [0.717, 1.165) is 5.56 Å². The number of likely N-dealkylation sites (N-methyl/N-ethyl adjacent to an activating group) is 1. The summed E-state index contributed by atoms with van der Waals surface area (Å²) < 4.78 is 4.93. The van der Waals surface area contributed by atoms with Crippen LogP contribution in [0.25, 0.3) is 0 Å². The first-order valence-electron chi connectivity index (χ1n) is 7.36. The smallest absolute Gasteiger partial charge is 0.340 e. The predicted octanol–water partition coefficient (Wildman–Crippen LogP) is 2.15. The van der Waals surface area contributed by atoms with Crippen LogP contribution in [0.3, 0.4) is 0 Å². The monoisotopic (exact) mass is 326 g/mol. The Morgan fingerprint density at radius 3 is 2.50 bits per heavy atom. The Morgan fingerprint density at radius 2 is 1.79 bits per heavy atom. The van der Waals surface area contributed by atoms with Crippen LogP contribution >= 0.6 is 0 Å². The number of anilines is 1. The Hall–Kier alpha value is -3.15. The van der Waals surface area contributed by atoms with Crippen LogP contribution in [0.1, 0.15) is 26.3 Å². The van der Waals surface area contributed by atoms with Crippen molar-refractivity contribution in [3.05, 3.63) is 65.2 Å². The van der Waals surface area contributed by atoms with Gasteiger partial charge in [-0.25, -0.2) is 4.79 Å². The number of aryl methyl sites for hydroxylation is 1. The van der Waals surface area contributed by atoms with Gasteiger partial charge in [0.25, 0.3) is 11.8 Å². The molecule has 0 aliphatic carbocycles. The summed E-state index contributed by atoms with van der Waals surface area (Å²) in [5.41, 5.74) is 1.96. The number of rotatable bonds is 5. The second-order valence-corrected chi connectivity index (χ2v) is 5.12. The number of carbonyl (C=O) groups excluding carboxylic acids is 3. The maximum Gasteiger partial charge on any atom is 0.340 e. The number of para-hydroxylation sites is 1. The summed E-state index contributed by atoms with van der Waals surface area (Å²) in [6.45, 7) is 1.51. The highest BCUT2D eigenvalue weighted by molar-refractivity contribution is 6.08. The van der Waals surface area contributed by atoms with Crippen LogP contribution in [-0.4, -0.2) is 31.4 Å². The van der Waals surface area contributed by atoms with Gasteiger partial charge in [-0.2, -0.15) is 0 Å². The van der Waals surface area contributed by atoms with Crippen molar-refractivity contribution >= 4 is 23.5 Å². The van der Waals surface area contributed by atoms with Gasteiger partial charge in [0.2, 0.25) is 0 Å². The molecule has 0 aromatic heterocycles. The predicted molar refractivity (Wildman–Crippen MR) is 89.9 cm³/mol. The molecule has 0 spiro atoms. The molecule has 0 radical (unpaired) electrons. The molecule has 24 heavy (non-hydrogen) atoms. The van der Waals surface area contributed by atoms with E-state index in [-0.39, 0.29) is 18.1 Å². The molecule has 124 valence electrons. The fraction of sp³-hybridized carbons (Fsp3) is 0.167. The van der Waals surface area contributed by atoms with Gasteiger partial charge in [-0.3, -0.25) is 9.59 Å². The van der Waals surface area contributed by atoms with E-state index in [1.807, 2.05) is 13.0 Å². The van der Waals surface area contributed by atoms with Crippen molar-refractivity contribution in [2.75, 3.05) is 19.0 Å². The lowest BCUT2D eigenvalue weighted by Crippen LogP contribution is -2.25. The molecular weight excluding hydrogens is 308 g/mol. The topological polar surface area (TPSA) is 84.5 Å². The molecule has 0 bridgehead atoms. The molecule has 2 aromatic carbocycles. The van der Waals surface area contributed by atoms with Gasteiger partial charge in [-0.1, -0.05) is 29.8 Å². The SMILES string of the molecule is CNC(=O)COC(=O)c1ccccc1NC(=O)c1cccc(C)c1. The highest BCUT2D eigenvalue weighted by Crippen LogP contribution is 2.17. The molecule has 0 heterocycles. The maximum atomic E-state index is 12.3. The first kappa shape index (κ1) is 17.2. The summed E-state index contributed by atoms with van der Waals surface area (Å²) in [5, 5.41) is 5.06. The first-order valence-corrected chi connectivity index (χ1v) is 7.36. The number of esters is 1. The van der Waals surface area contributed by atoms with Crippen molar-refractivity contribution in [3.63, 3.8) is 0 Å². The molecule has 0 unspecified atom stereocenters. The van der Waals surface area contributed by atoms with Crippen molar-refractivity contribution in [2.24, 2.45) is 0 Å². The van der Waals surface area contributed by atoms with E-state index >= 15 is 0 Å². The molecule has 2 N–H and O–H groups in total. The van der Waals surface area contributed by atoms with Crippen LogP contribution in [0.5, 0.6) is 0 Å². The Bertz CT molecular complexity index is 771. The second kappa shape index (κ2) is 7.92. The van der Waals surface area contributed by atoms with E-state index < -0.39 is 11.9 Å². The summed E-state index contributed by atoms with van der Waals surface area (Å²) >= 11 is 0. The van der Waals surface area contributed by atoms with Gasteiger partial charge in [-0.05, 0) is 31.2 Å². The Labute approximate surface area is 139 Å². The van der Waals surface area contributed by atoms with E-state index in [1.54, 1.807) is 36.4 Å². The zero-order valence-electron chi connectivity index (χ0n) is 13.5. The Morgan fingerprint density at radius 1 is 1.04 bits per heavy atom. The van der Waals surface area contributed by atoms with Gasteiger partial charge in [0.1, 0.15) is 0 Å². The van der Waals surface area contributed by atoms with E-state index in [1.165, 1.54) is 13.1 Å². The molecule has 0 fully saturated rings. The van der Waals surface area contributed by atoms with Crippen LogP contribution in [-0.2, 0) is 9.53 Å². The molecular formula is C18H18N2O4. The number of benzene rings is 2. The quantitative estimate of drug-likeness (QED) is 0.825. The van der Waals surface area contributed by atoms with Gasteiger partial charge in [-0.15, -0.1) is 0 Å². The van der Waals surface area contributed by atoms with Gasteiger partial charge in [0.05, 0.1) is 11.3 Å². The summed E-state index contributed by atoms with van der Waals surface area (Å²) in [6, 6.07) is 13.6. The average Bonchev–Trinajstić information content (AvgIpc) is 2.59. The van der Waals surface area contributed by atoms with Crippen molar-refractivity contribution in [1.29, 1.82) is 0 Å². The van der Waals surface area contributed by atoms with E-state index in [9.17, 15) is 14.4 Å². The van der Waals surface area contributed by atoms with E-state index in [0.29, 0.717) is 11.3 Å². The zero-order chi connectivity index (χ0) is 17.5. The molecule has 2 amide bonds. The summed E-state index contributed by atoms with van der Waals surface area (Å²) in [5.74, 6) is -1.42. The van der Waals surface area contributed by atoms with Gasteiger partial charge in [0.15, 0.2) is 6.61 Å². The first-order chi connectivity index (χ1) is 11.5. The minimum absolute atomic E-state index is 0.183. The second-order valence-electron chi connectivity index (χ2n) is 5.12. The van der Waals surface area contributed by atoms with Crippen molar-refractivity contribution in [2.45, 2.75) is 6.92 Å². The standard InChI is InChI=1S/C18H18N2O4/c1-12-6-5-7-13(10-12)17(22)20-15-9-4-3-8-14(15)18(23)24-11-16(21)19-2/h3-10H,11H2,1-2H3,(H,19,21)(H,20,22). The van der Waals surface area contributed by atoms with Crippen molar-refractivity contribution < 1.29 is 19.1 Å². The van der Waals surface area contributed by atoms with Crippen molar-refractivity contribution in [1.82, 2.24) is 5.32 Å². The van der Waals surface area contributed by atoms with Crippen LogP contribution < -0.4 is 10.6 Å². The van der Waals surface area contributed by atoms with E-state index in [4.69, 9.17) is 4.74 Å². The lowest BCUT2D eigenvalue weighted by Gasteiger charge is -2.11. The zero-order valence-corrected chi connectivity index (χ0v) is 13.5. The van der Waals surface area contributed by atoms with Crippen LogP contribution in [0, 0.1) is 6.92 Å². The third-order valence-electron chi connectivity index (χ3n) is 3.29. The van der Waals surface area contributed by atoms with Crippen LogP contribution in [0.2, 0.25) is 0 Å². The number of ether oxygens (including phenoxy) is 1. The summed E-state index contributed by atoms with van der Waals surface area (Å²) in [4.78, 5) is 35.6. The summed E-state index contributed by atoms with van der Waals surface area (Å²) in [7, 11) is 1.45. The van der Waals surface area contributed by atoms with Gasteiger partial charge >= 0.3 is 5.97 Å². The lowest BCUT2D eigenvalue weighted by atomic mass is 10.1. The minimum Gasteiger partial charge on any atom is -0.452 e. The largest absolute Gasteiger partial charge is 0.452 e. The van der Waals surface area contributed by atoms with Crippen LogP contribution in [0.15, 0.2) is 48.5 Å². The number of carbonyl (C=O) groups is 3. The highest BCUT2D eigenvalue weighted by Gasteiger charge is 2.16. The van der Waals surface area contributed by atoms with Crippen molar-refractivity contribution in [3.8, 4) is 0 Å². The number of hydrogen-bond acceptors (Lipinski definition) is 4. The highest BCUT2D eigenvalue weighted by atomic mass is 16.5. The third kappa shape index (κ3) is 4.42. The number of amides is 2. The number of hydrogen-bond donors (Lipinski definition) is 2. The van der Waals surface area contributed by atoms with Gasteiger partial charge in [0, 0.05) is 12.6 Å². The van der Waals surface area contributed by atoms with E-state index in [2.05, 4.69) is 10.6 Å². The lowest BCUT2D eigenvalue weighted by molar-refractivity contribution is -0.123. The van der Waals surface area contributed by atoms with Gasteiger partial charge < -0.3 is 15.4 Å². The normalized spacial score (nSPS) is 9.92. The third-order valence-corrected chi connectivity index (χ3v) is 3.29. The molecule has 0 atom stereocenters. The summed E-state index contributed by atoms with van der Waals surface area (Å²) in [6.07, 6.45) is 0. The molecule has 6 nitrogen and oxygen atoms in total. The molecule has 2 rings (SSSR count). The van der Waals surface area contributed by atoms with Crippen LogP contribution in [0.4, 0.5) is 5.69 Å². The molecule has 2 aromatic rings. The Balaban J connectivity index is 2.15. The maximum absolute atomic E-state index is 12.3.